The maximum absolute atomic E-state index is 11.9. The molecule has 4 rings (SSSR count). The van der Waals surface area contributed by atoms with E-state index in [9.17, 15) is 20.4 Å². The summed E-state index contributed by atoms with van der Waals surface area (Å²) in [7, 11) is 2.89. The standard InChI is InChI=1S/2C15H14ClNO3.C6H15N.2C2H4O2.2Dy.NO3/c2*1-20-14-4-2-3-11(15(14)19)9-17-8-10-5-6-12(16)7-13(10)18;1-4-7(5-2)6-3;2*1-2(3)4;;;2-1(3)4/h2*2-8,18-19H,9H2,1H3;4-6H2,1-3H3;2*1H3,(H,3,4);;;/q;;;;;2*+3;-1/p-5. The number of hydrogen-bond acceptors (Lipinski definition) is 15. The number of aliphatic imine (C=N–C) groups is 2. The Morgan fingerprint density at radius 3 is 1.18 bits per heavy atom. The van der Waals surface area contributed by atoms with E-state index in [0.717, 1.165) is 13.8 Å². The first-order valence-electron chi connectivity index (χ1n) is 17.4. The zero-order valence-electron chi connectivity index (χ0n) is 34.2. The summed E-state index contributed by atoms with van der Waals surface area (Å²) >= 11 is 11.4. The Kier molecular flexibility index (Phi) is 39.8. The number of methoxy groups -OCH3 is 2. The summed E-state index contributed by atoms with van der Waals surface area (Å²) in [5.74, 6) is -2.37. The molecule has 0 atom stereocenters. The van der Waals surface area contributed by atoms with Crippen molar-refractivity contribution in [2.24, 2.45) is 9.98 Å². The second kappa shape index (κ2) is 38.0. The fourth-order valence-corrected chi connectivity index (χ4v) is 4.48. The van der Waals surface area contributed by atoms with Crippen LogP contribution in [0.15, 0.2) is 82.8 Å². The second-order valence-corrected chi connectivity index (χ2v) is 12.1. The van der Waals surface area contributed by atoms with Crippen LogP contribution in [-0.2, 0) is 22.7 Å². The zero-order chi connectivity index (χ0) is 45.5. The molecule has 0 amide bonds. The molecule has 21 heteroatoms. The van der Waals surface area contributed by atoms with Gasteiger partial charge in [0, 0.05) is 34.4 Å². The van der Waals surface area contributed by atoms with Crippen LogP contribution in [0.4, 0.5) is 0 Å². The van der Waals surface area contributed by atoms with Crippen LogP contribution in [0.5, 0.6) is 34.5 Å². The van der Waals surface area contributed by atoms with Gasteiger partial charge in [-0.3, -0.25) is 9.98 Å². The molecule has 338 valence electrons. The van der Waals surface area contributed by atoms with Gasteiger partial charge in [0.05, 0.1) is 52.0 Å². The van der Waals surface area contributed by atoms with Crippen LogP contribution in [0.2, 0.25) is 10.0 Å². The number of carboxylic acids is 2. The molecule has 17 nitrogen and oxygen atoms in total. The molecule has 2 radical (unpaired) electrons. The third kappa shape index (κ3) is 31.7. The van der Waals surface area contributed by atoms with E-state index in [0.29, 0.717) is 32.3 Å². The third-order valence-corrected chi connectivity index (χ3v) is 7.47. The number of rotatable bonds is 11. The number of hydrogen-bond donors (Lipinski definition) is 1. The van der Waals surface area contributed by atoms with E-state index in [-0.39, 0.29) is 124 Å². The number of carbonyl (C=O) groups is 2. The van der Waals surface area contributed by atoms with Gasteiger partial charge in [0.25, 0.3) is 0 Å². The van der Waals surface area contributed by atoms with E-state index in [1.807, 2.05) is 0 Å². The summed E-state index contributed by atoms with van der Waals surface area (Å²) in [5, 5.41) is 80.2. The molecule has 0 aromatic heterocycles. The molecule has 61 heavy (non-hydrogen) atoms. The van der Waals surface area contributed by atoms with Crippen molar-refractivity contribution < 1.29 is 136 Å². The van der Waals surface area contributed by atoms with Crippen molar-refractivity contribution in [1.29, 1.82) is 0 Å². The third-order valence-electron chi connectivity index (χ3n) is 7.00. The molecule has 0 aliphatic heterocycles. The van der Waals surface area contributed by atoms with Gasteiger partial charge in [0.15, 0.2) is 0 Å². The number of halogens is 2. The maximum atomic E-state index is 11.9. The first-order chi connectivity index (χ1) is 27.8. The van der Waals surface area contributed by atoms with Gasteiger partial charge in [0.1, 0.15) is 11.5 Å². The minimum absolute atomic E-state index is 0. The van der Waals surface area contributed by atoms with Gasteiger partial charge in [-0.15, -0.1) is 0 Å². The predicted octanol–water partition coefficient (Wildman–Crippen LogP) is 1.43. The van der Waals surface area contributed by atoms with E-state index in [4.69, 9.17) is 67.8 Å². The number of para-hydroxylation sites is 2. The number of quaternary nitrogens is 1. The fourth-order valence-electron chi connectivity index (χ4n) is 4.16. The number of nitrogens with one attached hydrogen (secondary N) is 1. The molecule has 0 heterocycles. The average Bonchev–Trinajstić information content (AvgIpc) is 3.15. The number of benzene rings is 4. The summed E-state index contributed by atoms with van der Waals surface area (Å²) in [6, 6.07) is 19.1. The van der Waals surface area contributed by atoms with Crippen LogP contribution in [-0.4, -0.2) is 63.3 Å². The van der Waals surface area contributed by atoms with Crippen molar-refractivity contribution >= 4 is 47.6 Å². The topological polar surface area (TPSA) is 286 Å². The van der Waals surface area contributed by atoms with Crippen molar-refractivity contribution in [3.05, 3.63) is 120 Å². The number of carboxylic acid groups (broad SMARTS) is 2. The molecule has 4 aromatic carbocycles. The molecular formula is C40H46Cl2Dy2N4O13. The van der Waals surface area contributed by atoms with Crippen LogP contribution in [0.3, 0.4) is 0 Å². The minimum atomic E-state index is -1.75. The minimum Gasteiger partial charge on any atom is -0.872 e. The van der Waals surface area contributed by atoms with Gasteiger partial charge in [-0.05, 0) is 81.1 Å². The molecular weight excluding hydrogens is 1140 g/mol. The van der Waals surface area contributed by atoms with Crippen LogP contribution in [0.1, 0.15) is 56.9 Å². The Bertz CT molecular complexity index is 1780. The fraction of sp³-hybridized carbons (Fsp3) is 0.300. The van der Waals surface area contributed by atoms with Crippen LogP contribution >= 0.6 is 23.2 Å². The first-order valence-corrected chi connectivity index (χ1v) is 18.1. The smallest absolute Gasteiger partial charge is 0.872 e. The molecule has 0 unspecified atom stereocenters. The van der Waals surface area contributed by atoms with Crippen molar-refractivity contribution in [2.45, 2.75) is 47.7 Å². The molecule has 0 saturated carbocycles. The van der Waals surface area contributed by atoms with Gasteiger partial charge in [-0.25, -0.2) is 0 Å². The zero-order valence-corrected chi connectivity index (χ0v) is 39.7. The summed E-state index contributed by atoms with van der Waals surface area (Å²) in [6.07, 6.45) is 2.88. The van der Waals surface area contributed by atoms with Gasteiger partial charge in [-0.1, -0.05) is 94.7 Å². The Morgan fingerprint density at radius 1 is 0.656 bits per heavy atom. The quantitative estimate of drug-likeness (QED) is 0.127. The van der Waals surface area contributed by atoms with Gasteiger partial charge >= 0.3 is 76.3 Å². The van der Waals surface area contributed by atoms with Crippen LogP contribution < -0.4 is 45.0 Å². The van der Waals surface area contributed by atoms with Crippen molar-refractivity contribution in [1.82, 2.24) is 0 Å². The Labute approximate surface area is 425 Å². The monoisotopic (exact) mass is 1190 g/mol. The normalized spacial score (nSPS) is 9.54. The molecule has 0 fully saturated rings. The van der Waals surface area contributed by atoms with Crippen molar-refractivity contribution in [3.8, 4) is 34.5 Å². The second-order valence-electron chi connectivity index (χ2n) is 11.2. The van der Waals surface area contributed by atoms with Gasteiger partial charge < -0.3 is 69.9 Å². The number of aliphatic carboxylic acids is 2. The molecule has 0 aliphatic rings. The summed E-state index contributed by atoms with van der Waals surface area (Å²) < 4.78 is 9.91. The van der Waals surface area contributed by atoms with E-state index in [2.05, 4.69) is 30.8 Å². The van der Waals surface area contributed by atoms with E-state index in [1.54, 1.807) is 65.6 Å². The largest absolute Gasteiger partial charge is 3.00 e. The molecule has 0 saturated heterocycles. The summed E-state index contributed by atoms with van der Waals surface area (Å²) in [5.41, 5.74) is 1.90. The summed E-state index contributed by atoms with van der Waals surface area (Å²) in [6.45, 7) is 12.8. The Hall–Kier alpha value is -3.75. The van der Waals surface area contributed by atoms with Crippen molar-refractivity contribution in [3.63, 3.8) is 0 Å². The van der Waals surface area contributed by atoms with Crippen LogP contribution in [0.25, 0.3) is 0 Å². The van der Waals surface area contributed by atoms with E-state index in [1.165, 1.54) is 58.4 Å². The van der Waals surface area contributed by atoms with E-state index < -0.39 is 17.0 Å². The first kappa shape index (κ1) is 63.9. The number of ether oxygens (including phenoxy) is 2. The molecule has 0 spiro atoms. The molecule has 4 aromatic rings. The van der Waals surface area contributed by atoms with Gasteiger partial charge in [-0.2, -0.15) is 0 Å². The number of carbonyl (C=O) groups excluding carboxylic acids is 2. The molecule has 0 aliphatic carbocycles. The average molecular weight is 1190 g/mol. The molecule has 1 N–H and O–H groups in total. The SMILES string of the molecule is CC(=O)[O-].CC(=O)[O-].CC[NH+](CC)CC.COc1cccc(CN=Cc2ccc(Cl)cc2[O-])c1[O-].COc1cccc(CN=Cc2ccc(Cl)cc2[O-])c1[O-].O=[N+]([O-])[O-].[Dy+3].[Dy+3]. The Balaban J connectivity index is -0.000000369. The number of nitrogens with zero attached hydrogens (tertiary/aromatic N) is 3. The van der Waals surface area contributed by atoms with E-state index >= 15 is 0 Å². The summed E-state index contributed by atoms with van der Waals surface area (Å²) in [4.78, 5) is 35.9. The van der Waals surface area contributed by atoms with Crippen molar-refractivity contribution in [2.75, 3.05) is 33.9 Å². The van der Waals surface area contributed by atoms with Gasteiger partial charge in [0.2, 0.25) is 0 Å². The molecule has 0 bridgehead atoms. The predicted molar refractivity (Wildman–Crippen MR) is 214 cm³/mol. The maximum Gasteiger partial charge on any atom is 3.00 e. The van der Waals surface area contributed by atoms with Crippen LogP contribution in [0, 0.1) is 91.7 Å². The Morgan fingerprint density at radius 2 is 0.951 bits per heavy atom.